The lowest BCUT2D eigenvalue weighted by molar-refractivity contribution is -0.141. The largest absolute Gasteiger partial charge is 0.348 e. The molecule has 1 aromatic heterocycles. The normalized spacial score (nSPS) is 21.3. The van der Waals surface area contributed by atoms with Crippen LogP contribution in [0.3, 0.4) is 0 Å². The van der Waals surface area contributed by atoms with Crippen LogP contribution in [-0.4, -0.2) is 21.9 Å². The van der Waals surface area contributed by atoms with Crippen LogP contribution >= 0.6 is 0 Å². The van der Waals surface area contributed by atoms with Gasteiger partial charge in [0, 0.05) is 30.9 Å². The lowest BCUT2D eigenvalue weighted by Gasteiger charge is -2.41. The van der Waals surface area contributed by atoms with Crippen molar-refractivity contribution in [3.8, 4) is 0 Å². The summed E-state index contributed by atoms with van der Waals surface area (Å²) in [5.41, 5.74) is 3.76. The highest BCUT2D eigenvalue weighted by atomic mass is 16.2. The average molecular weight is 294 g/mol. The average Bonchev–Trinajstić information content (AvgIpc) is 2.93. The molecule has 1 unspecified atom stereocenters. The first kappa shape index (κ1) is 13.6. The Bertz CT molecular complexity index is 699. The number of aromatic nitrogens is 1. The Morgan fingerprint density at radius 1 is 1.09 bits per heavy atom. The molecular formula is C19H22N2O. The number of rotatable bonds is 2. The maximum atomic E-state index is 12.9. The van der Waals surface area contributed by atoms with Gasteiger partial charge in [-0.25, -0.2) is 0 Å². The molecule has 2 heterocycles. The summed E-state index contributed by atoms with van der Waals surface area (Å²) in [6.45, 7) is 3.86. The Kier molecular flexibility index (Phi) is 3.29. The molecule has 0 radical (unpaired) electrons. The van der Waals surface area contributed by atoms with Gasteiger partial charge in [-0.3, -0.25) is 4.79 Å². The third-order valence-corrected chi connectivity index (χ3v) is 5.26. The number of carbonyl (C=O) groups excluding carboxylic acids is 1. The number of benzene rings is 1. The standard InChI is InChI=1S/C19H22N2O/c1-14-6-2-3-9-16(14)18-17-10-5-11-20(17)12-13-21(18)19(22)15-7-4-8-15/h2-3,5-6,9-11,15,18H,4,7-8,12-13H2,1H3. The zero-order valence-electron chi connectivity index (χ0n) is 13.0. The fourth-order valence-corrected chi connectivity index (χ4v) is 3.73. The number of hydrogen-bond acceptors (Lipinski definition) is 1. The van der Waals surface area contributed by atoms with Crippen molar-refractivity contribution in [1.29, 1.82) is 0 Å². The molecule has 2 aliphatic rings. The summed E-state index contributed by atoms with van der Waals surface area (Å²) in [5, 5.41) is 0. The Labute approximate surface area is 131 Å². The molecule has 1 amide bonds. The van der Waals surface area contributed by atoms with Gasteiger partial charge in [0.05, 0.1) is 6.04 Å². The molecule has 22 heavy (non-hydrogen) atoms. The summed E-state index contributed by atoms with van der Waals surface area (Å²) in [6.07, 6.45) is 5.47. The molecule has 1 aliphatic carbocycles. The molecule has 1 aromatic carbocycles. The van der Waals surface area contributed by atoms with E-state index in [4.69, 9.17) is 0 Å². The highest BCUT2D eigenvalue weighted by Crippen LogP contribution is 2.37. The molecule has 114 valence electrons. The summed E-state index contributed by atoms with van der Waals surface area (Å²) < 4.78 is 2.29. The monoisotopic (exact) mass is 294 g/mol. The van der Waals surface area contributed by atoms with Gasteiger partial charge in [0.2, 0.25) is 5.91 Å². The van der Waals surface area contributed by atoms with Crippen molar-refractivity contribution in [3.63, 3.8) is 0 Å². The fourth-order valence-electron chi connectivity index (χ4n) is 3.73. The van der Waals surface area contributed by atoms with Gasteiger partial charge in [-0.05, 0) is 43.0 Å². The van der Waals surface area contributed by atoms with E-state index in [0.29, 0.717) is 5.91 Å². The number of amides is 1. The van der Waals surface area contributed by atoms with Crippen molar-refractivity contribution in [2.75, 3.05) is 6.54 Å². The molecule has 1 fully saturated rings. The minimum absolute atomic E-state index is 0.0676. The second kappa shape index (κ2) is 5.31. The minimum Gasteiger partial charge on any atom is -0.348 e. The number of fused-ring (bicyclic) bond motifs is 1. The van der Waals surface area contributed by atoms with E-state index in [9.17, 15) is 4.79 Å². The smallest absolute Gasteiger partial charge is 0.226 e. The van der Waals surface area contributed by atoms with Crippen molar-refractivity contribution in [3.05, 3.63) is 59.4 Å². The summed E-state index contributed by atoms with van der Waals surface area (Å²) in [5.74, 6) is 0.611. The highest BCUT2D eigenvalue weighted by molar-refractivity contribution is 5.80. The molecule has 3 nitrogen and oxygen atoms in total. The first-order valence-electron chi connectivity index (χ1n) is 8.27. The fraction of sp³-hybridized carbons (Fsp3) is 0.421. The van der Waals surface area contributed by atoms with E-state index in [-0.39, 0.29) is 12.0 Å². The topological polar surface area (TPSA) is 25.2 Å². The molecular weight excluding hydrogens is 272 g/mol. The molecule has 0 spiro atoms. The van der Waals surface area contributed by atoms with Crippen molar-refractivity contribution in [2.24, 2.45) is 5.92 Å². The van der Waals surface area contributed by atoms with Gasteiger partial charge in [-0.2, -0.15) is 0 Å². The van der Waals surface area contributed by atoms with Crippen LogP contribution in [0.4, 0.5) is 0 Å². The summed E-state index contributed by atoms with van der Waals surface area (Å²) in [7, 11) is 0. The predicted molar refractivity (Wildman–Crippen MR) is 86.5 cm³/mol. The Morgan fingerprint density at radius 2 is 1.91 bits per heavy atom. The quantitative estimate of drug-likeness (QED) is 0.832. The molecule has 1 atom stereocenters. The summed E-state index contributed by atoms with van der Waals surface area (Å²) in [6, 6.07) is 12.8. The van der Waals surface area contributed by atoms with Crippen LogP contribution in [0, 0.1) is 12.8 Å². The van der Waals surface area contributed by atoms with E-state index in [2.05, 4.69) is 59.0 Å². The third kappa shape index (κ3) is 2.07. The molecule has 0 saturated heterocycles. The summed E-state index contributed by atoms with van der Waals surface area (Å²) in [4.78, 5) is 15.1. The lowest BCUT2D eigenvalue weighted by atomic mass is 9.83. The van der Waals surface area contributed by atoms with Gasteiger partial charge in [0.15, 0.2) is 0 Å². The van der Waals surface area contributed by atoms with Crippen molar-refractivity contribution < 1.29 is 4.79 Å². The van der Waals surface area contributed by atoms with Crippen LogP contribution in [0.2, 0.25) is 0 Å². The van der Waals surface area contributed by atoms with Crippen LogP contribution in [0.15, 0.2) is 42.6 Å². The number of aryl methyl sites for hydroxylation is 1. The van der Waals surface area contributed by atoms with Gasteiger partial charge < -0.3 is 9.47 Å². The Hall–Kier alpha value is -2.03. The molecule has 2 aromatic rings. The molecule has 1 aliphatic heterocycles. The zero-order valence-corrected chi connectivity index (χ0v) is 13.0. The van der Waals surface area contributed by atoms with Gasteiger partial charge in [-0.15, -0.1) is 0 Å². The van der Waals surface area contributed by atoms with Crippen molar-refractivity contribution in [1.82, 2.24) is 9.47 Å². The van der Waals surface area contributed by atoms with E-state index in [0.717, 1.165) is 25.9 Å². The van der Waals surface area contributed by atoms with Crippen LogP contribution in [0.1, 0.15) is 42.1 Å². The van der Waals surface area contributed by atoms with E-state index in [1.807, 2.05) is 0 Å². The third-order valence-electron chi connectivity index (χ3n) is 5.26. The van der Waals surface area contributed by atoms with E-state index in [1.54, 1.807) is 0 Å². The Morgan fingerprint density at radius 3 is 2.64 bits per heavy atom. The van der Waals surface area contributed by atoms with E-state index >= 15 is 0 Å². The zero-order chi connectivity index (χ0) is 15.1. The number of hydrogen-bond donors (Lipinski definition) is 0. The molecule has 0 N–H and O–H groups in total. The first-order valence-corrected chi connectivity index (χ1v) is 8.27. The van der Waals surface area contributed by atoms with E-state index < -0.39 is 0 Å². The Balaban J connectivity index is 1.78. The number of carbonyl (C=O) groups is 1. The second-order valence-electron chi connectivity index (χ2n) is 6.55. The predicted octanol–water partition coefficient (Wildman–Crippen LogP) is 3.53. The van der Waals surface area contributed by atoms with Gasteiger partial charge in [0.25, 0.3) is 0 Å². The number of nitrogens with zero attached hydrogens (tertiary/aromatic N) is 2. The van der Waals surface area contributed by atoms with Gasteiger partial charge in [0.1, 0.15) is 0 Å². The molecule has 0 bridgehead atoms. The molecule has 3 heteroatoms. The van der Waals surface area contributed by atoms with Crippen LogP contribution in [-0.2, 0) is 11.3 Å². The molecule has 4 rings (SSSR count). The summed E-state index contributed by atoms with van der Waals surface area (Å²) >= 11 is 0. The maximum absolute atomic E-state index is 12.9. The van der Waals surface area contributed by atoms with Gasteiger partial charge >= 0.3 is 0 Å². The minimum atomic E-state index is 0.0676. The lowest BCUT2D eigenvalue weighted by Crippen LogP contribution is -2.46. The maximum Gasteiger partial charge on any atom is 0.226 e. The van der Waals surface area contributed by atoms with Crippen LogP contribution in [0.5, 0.6) is 0 Å². The van der Waals surface area contributed by atoms with Crippen molar-refractivity contribution >= 4 is 5.91 Å². The first-order chi connectivity index (χ1) is 10.8. The van der Waals surface area contributed by atoms with Crippen LogP contribution < -0.4 is 0 Å². The van der Waals surface area contributed by atoms with Crippen molar-refractivity contribution in [2.45, 2.75) is 38.8 Å². The molecule has 1 saturated carbocycles. The van der Waals surface area contributed by atoms with E-state index in [1.165, 1.54) is 23.2 Å². The second-order valence-corrected chi connectivity index (χ2v) is 6.55. The highest BCUT2D eigenvalue weighted by Gasteiger charge is 2.37. The van der Waals surface area contributed by atoms with Crippen LogP contribution in [0.25, 0.3) is 0 Å². The van der Waals surface area contributed by atoms with Gasteiger partial charge in [-0.1, -0.05) is 30.7 Å². The SMILES string of the molecule is Cc1ccccc1C1c2cccn2CCN1C(=O)C1CCC1.